The molecule has 98 valence electrons. The molecule has 5 heteroatoms. The van der Waals surface area contributed by atoms with Crippen molar-refractivity contribution in [1.82, 2.24) is 0 Å². The molecule has 0 heterocycles. The van der Waals surface area contributed by atoms with Crippen molar-refractivity contribution in [2.75, 3.05) is 5.32 Å². The lowest BCUT2D eigenvalue weighted by Crippen LogP contribution is -2.13. The van der Waals surface area contributed by atoms with Gasteiger partial charge >= 0.3 is 0 Å². The van der Waals surface area contributed by atoms with Crippen molar-refractivity contribution in [3.05, 3.63) is 62.8 Å². The summed E-state index contributed by atoms with van der Waals surface area (Å²) in [6, 6.07) is 9.51. The predicted molar refractivity (Wildman–Crippen MR) is 78.2 cm³/mol. The van der Waals surface area contributed by atoms with Crippen molar-refractivity contribution >= 4 is 39.1 Å². The van der Waals surface area contributed by atoms with E-state index in [4.69, 9.17) is 11.6 Å². The third-order valence-electron chi connectivity index (χ3n) is 2.63. The Bertz CT molecular complexity index is 645. The number of carbonyl (C=O) groups excluding carboxylic acids is 1. The first-order valence-electron chi connectivity index (χ1n) is 5.50. The second-order valence-corrected chi connectivity index (χ2v) is 5.37. The zero-order valence-electron chi connectivity index (χ0n) is 10.0. The van der Waals surface area contributed by atoms with Crippen LogP contribution >= 0.6 is 27.5 Å². The Morgan fingerprint density at radius 3 is 2.68 bits per heavy atom. The number of rotatable bonds is 2. The molecule has 19 heavy (non-hydrogen) atoms. The van der Waals surface area contributed by atoms with Gasteiger partial charge in [-0.25, -0.2) is 4.39 Å². The number of anilines is 1. The molecule has 0 unspecified atom stereocenters. The second-order valence-electron chi connectivity index (χ2n) is 4.04. The molecule has 1 amide bonds. The molecule has 0 aliphatic carbocycles. The van der Waals surface area contributed by atoms with Crippen LogP contribution in [0.25, 0.3) is 0 Å². The number of hydrogen-bond donors (Lipinski definition) is 1. The van der Waals surface area contributed by atoms with Crippen molar-refractivity contribution in [2.24, 2.45) is 0 Å². The molecule has 0 saturated carbocycles. The topological polar surface area (TPSA) is 29.1 Å². The fraction of sp³-hybridized carbons (Fsp3) is 0.0714. The Hall–Kier alpha value is -1.39. The third kappa shape index (κ3) is 3.33. The number of halogens is 3. The van der Waals surface area contributed by atoms with E-state index in [1.165, 1.54) is 12.1 Å². The molecule has 2 aromatic carbocycles. The number of carbonyl (C=O) groups is 1. The van der Waals surface area contributed by atoms with Crippen molar-refractivity contribution < 1.29 is 9.18 Å². The fourth-order valence-corrected chi connectivity index (χ4v) is 2.04. The van der Waals surface area contributed by atoms with E-state index >= 15 is 0 Å². The van der Waals surface area contributed by atoms with E-state index in [0.29, 0.717) is 5.69 Å². The Kier molecular flexibility index (Phi) is 4.22. The first kappa shape index (κ1) is 14.0. The van der Waals surface area contributed by atoms with Crippen LogP contribution in [-0.4, -0.2) is 5.91 Å². The van der Waals surface area contributed by atoms with Gasteiger partial charge in [0.25, 0.3) is 5.91 Å². The van der Waals surface area contributed by atoms with Gasteiger partial charge in [0.1, 0.15) is 5.82 Å². The zero-order valence-corrected chi connectivity index (χ0v) is 12.3. The first-order valence-corrected chi connectivity index (χ1v) is 6.67. The molecule has 2 aromatic rings. The maximum absolute atomic E-state index is 13.3. The van der Waals surface area contributed by atoms with E-state index in [0.717, 1.165) is 16.1 Å². The predicted octanol–water partition coefficient (Wildman–Crippen LogP) is 4.80. The lowest BCUT2D eigenvalue weighted by molar-refractivity contribution is 0.102. The highest BCUT2D eigenvalue weighted by atomic mass is 79.9. The second kappa shape index (κ2) is 5.72. The van der Waals surface area contributed by atoms with Gasteiger partial charge < -0.3 is 5.32 Å². The van der Waals surface area contributed by atoms with Crippen LogP contribution in [0.15, 0.2) is 40.9 Å². The molecule has 0 spiro atoms. The highest BCUT2D eigenvalue weighted by Gasteiger charge is 2.10. The highest BCUT2D eigenvalue weighted by Crippen LogP contribution is 2.22. The van der Waals surface area contributed by atoms with Gasteiger partial charge in [0.15, 0.2) is 0 Å². The Morgan fingerprint density at radius 1 is 1.26 bits per heavy atom. The molecular formula is C14H10BrClFNO. The third-order valence-corrected chi connectivity index (χ3v) is 3.43. The Balaban J connectivity index is 2.25. The molecular weight excluding hydrogens is 333 g/mol. The van der Waals surface area contributed by atoms with E-state index in [1.807, 2.05) is 19.1 Å². The quantitative estimate of drug-likeness (QED) is 0.834. The summed E-state index contributed by atoms with van der Waals surface area (Å²) in [5.74, 6) is -0.989. The molecule has 0 bridgehead atoms. The van der Waals surface area contributed by atoms with Gasteiger partial charge in [0.2, 0.25) is 0 Å². The highest BCUT2D eigenvalue weighted by molar-refractivity contribution is 9.10. The molecule has 2 nitrogen and oxygen atoms in total. The first-order chi connectivity index (χ1) is 8.97. The monoisotopic (exact) mass is 341 g/mol. The Labute approximate surface area is 123 Å². The van der Waals surface area contributed by atoms with Crippen molar-refractivity contribution in [2.45, 2.75) is 6.92 Å². The van der Waals surface area contributed by atoms with Crippen molar-refractivity contribution in [1.29, 1.82) is 0 Å². The summed E-state index contributed by atoms with van der Waals surface area (Å²) in [5, 5.41) is 2.73. The van der Waals surface area contributed by atoms with Crippen LogP contribution in [0.1, 0.15) is 15.9 Å². The molecule has 0 saturated heterocycles. The summed E-state index contributed by atoms with van der Waals surface area (Å²) in [7, 11) is 0. The van der Waals surface area contributed by atoms with E-state index in [9.17, 15) is 9.18 Å². The van der Waals surface area contributed by atoms with Crippen LogP contribution < -0.4 is 5.32 Å². The fourth-order valence-electron chi connectivity index (χ4n) is 1.56. The van der Waals surface area contributed by atoms with Crippen molar-refractivity contribution in [3.63, 3.8) is 0 Å². The van der Waals surface area contributed by atoms with Gasteiger partial charge in [-0.05, 0) is 42.8 Å². The maximum Gasteiger partial charge on any atom is 0.255 e. The van der Waals surface area contributed by atoms with Gasteiger partial charge in [0.05, 0.1) is 5.02 Å². The van der Waals surface area contributed by atoms with Crippen LogP contribution in [0.4, 0.5) is 10.1 Å². The number of benzene rings is 2. The summed E-state index contributed by atoms with van der Waals surface area (Å²) in [5.41, 5.74) is 1.82. The smallest absolute Gasteiger partial charge is 0.255 e. The average molecular weight is 343 g/mol. The van der Waals surface area contributed by atoms with Gasteiger partial charge in [-0.1, -0.05) is 33.6 Å². The SMILES string of the molecule is Cc1ccc(Br)cc1NC(=O)c1ccc(Cl)c(F)c1. The van der Waals surface area contributed by atoms with Gasteiger partial charge in [-0.3, -0.25) is 4.79 Å². The number of nitrogens with one attached hydrogen (secondary N) is 1. The average Bonchev–Trinajstić information content (AvgIpc) is 2.37. The summed E-state index contributed by atoms with van der Waals surface area (Å²) in [6.07, 6.45) is 0. The lowest BCUT2D eigenvalue weighted by atomic mass is 10.1. The minimum absolute atomic E-state index is 0.00446. The van der Waals surface area contributed by atoms with E-state index in [2.05, 4.69) is 21.2 Å². The summed E-state index contributed by atoms with van der Waals surface area (Å²) in [6.45, 7) is 1.88. The maximum atomic E-state index is 13.3. The lowest BCUT2D eigenvalue weighted by Gasteiger charge is -2.09. The summed E-state index contributed by atoms with van der Waals surface area (Å²) >= 11 is 8.91. The van der Waals surface area contributed by atoms with Crippen LogP contribution in [0, 0.1) is 12.7 Å². The molecule has 0 radical (unpaired) electrons. The molecule has 1 N–H and O–H groups in total. The molecule has 0 aliphatic heterocycles. The number of hydrogen-bond acceptors (Lipinski definition) is 1. The van der Waals surface area contributed by atoms with Crippen LogP contribution in [0.5, 0.6) is 0 Å². The normalized spacial score (nSPS) is 10.3. The van der Waals surface area contributed by atoms with Gasteiger partial charge in [-0.2, -0.15) is 0 Å². The Morgan fingerprint density at radius 2 is 2.00 bits per heavy atom. The number of aryl methyl sites for hydroxylation is 1. The molecule has 0 fully saturated rings. The van der Waals surface area contributed by atoms with E-state index in [1.54, 1.807) is 6.07 Å². The summed E-state index contributed by atoms with van der Waals surface area (Å²) in [4.78, 5) is 12.0. The van der Waals surface area contributed by atoms with Gasteiger partial charge in [-0.15, -0.1) is 0 Å². The van der Waals surface area contributed by atoms with E-state index in [-0.39, 0.29) is 16.5 Å². The number of amides is 1. The zero-order chi connectivity index (χ0) is 14.0. The molecule has 0 atom stereocenters. The van der Waals surface area contributed by atoms with Crippen molar-refractivity contribution in [3.8, 4) is 0 Å². The van der Waals surface area contributed by atoms with Crippen LogP contribution in [-0.2, 0) is 0 Å². The minimum Gasteiger partial charge on any atom is -0.322 e. The largest absolute Gasteiger partial charge is 0.322 e. The molecule has 0 aliphatic rings. The molecule has 0 aromatic heterocycles. The standard InChI is InChI=1S/C14H10BrClFNO/c1-8-2-4-10(15)7-13(8)18-14(19)9-3-5-11(16)12(17)6-9/h2-7H,1H3,(H,18,19). The minimum atomic E-state index is -0.611. The van der Waals surface area contributed by atoms with Gasteiger partial charge in [0, 0.05) is 15.7 Å². The van der Waals surface area contributed by atoms with Crippen LogP contribution in [0.2, 0.25) is 5.02 Å². The molecule has 2 rings (SSSR count). The van der Waals surface area contributed by atoms with E-state index < -0.39 is 5.82 Å². The summed E-state index contributed by atoms with van der Waals surface area (Å²) < 4.78 is 14.2. The van der Waals surface area contributed by atoms with Crippen LogP contribution in [0.3, 0.4) is 0 Å².